The Kier molecular flexibility index (Phi) is 4.21. The molecule has 0 amide bonds. The Morgan fingerprint density at radius 3 is 2.75 bits per heavy atom. The van der Waals surface area contributed by atoms with Crippen molar-refractivity contribution < 1.29 is 9.13 Å². The van der Waals surface area contributed by atoms with Crippen LogP contribution in [0.4, 0.5) is 10.1 Å². The fraction of sp³-hybridized carbons (Fsp3) is 0.188. The molecule has 0 aliphatic rings. The molecule has 3 nitrogen and oxygen atoms in total. The Morgan fingerprint density at radius 2 is 2.10 bits per heavy atom. The second-order valence-corrected chi connectivity index (χ2v) is 4.43. The maximum atomic E-state index is 13.9. The number of hydrogen-bond acceptors (Lipinski definition) is 3. The van der Waals surface area contributed by atoms with Gasteiger partial charge in [0.2, 0.25) is 0 Å². The molecule has 1 N–H and O–H groups in total. The van der Waals surface area contributed by atoms with Crippen LogP contribution < -0.4 is 10.1 Å². The van der Waals surface area contributed by atoms with E-state index in [0.29, 0.717) is 12.1 Å². The second kappa shape index (κ2) is 6.07. The minimum Gasteiger partial charge on any atom is -0.496 e. The minimum atomic E-state index is -0.465. The van der Waals surface area contributed by atoms with Gasteiger partial charge in [-0.1, -0.05) is 12.1 Å². The largest absolute Gasteiger partial charge is 0.496 e. The number of benzene rings is 2. The van der Waals surface area contributed by atoms with Crippen LogP contribution in [0.2, 0.25) is 0 Å². The zero-order valence-corrected chi connectivity index (χ0v) is 11.4. The summed E-state index contributed by atoms with van der Waals surface area (Å²) in [7, 11) is 1.62. The van der Waals surface area contributed by atoms with Crippen molar-refractivity contribution in [1.82, 2.24) is 0 Å². The molecule has 0 unspecified atom stereocenters. The Bertz CT molecular complexity index is 662. The van der Waals surface area contributed by atoms with Gasteiger partial charge in [-0.15, -0.1) is 0 Å². The Labute approximate surface area is 117 Å². The third-order valence-electron chi connectivity index (χ3n) is 3.08. The molecule has 0 fully saturated rings. The lowest BCUT2D eigenvalue weighted by molar-refractivity contribution is 0.412. The number of ether oxygens (including phenoxy) is 1. The van der Waals surface area contributed by atoms with Crippen molar-refractivity contribution in [3.8, 4) is 11.8 Å². The Hall–Kier alpha value is -2.54. The SMILES string of the molecule is COc1ccc(NCc2cccc(C#N)c2F)cc1C. The van der Waals surface area contributed by atoms with Crippen LogP contribution >= 0.6 is 0 Å². The molecule has 0 saturated carbocycles. The lowest BCUT2D eigenvalue weighted by Gasteiger charge is -2.10. The second-order valence-electron chi connectivity index (χ2n) is 4.43. The van der Waals surface area contributed by atoms with Gasteiger partial charge in [0.25, 0.3) is 0 Å². The number of nitrogens with one attached hydrogen (secondary N) is 1. The van der Waals surface area contributed by atoms with E-state index in [4.69, 9.17) is 10.00 Å². The molecule has 0 aliphatic carbocycles. The van der Waals surface area contributed by atoms with Gasteiger partial charge < -0.3 is 10.1 Å². The molecule has 20 heavy (non-hydrogen) atoms. The summed E-state index contributed by atoms with van der Waals surface area (Å²) in [6, 6.07) is 12.3. The van der Waals surface area contributed by atoms with Crippen molar-refractivity contribution in [3.05, 3.63) is 58.9 Å². The summed E-state index contributed by atoms with van der Waals surface area (Å²) in [6.45, 7) is 2.27. The number of halogens is 1. The summed E-state index contributed by atoms with van der Waals surface area (Å²) in [5.41, 5.74) is 2.42. The van der Waals surface area contributed by atoms with Gasteiger partial charge >= 0.3 is 0 Å². The van der Waals surface area contributed by atoms with Gasteiger partial charge in [-0.25, -0.2) is 4.39 Å². The lowest BCUT2D eigenvalue weighted by Crippen LogP contribution is -2.03. The lowest BCUT2D eigenvalue weighted by atomic mass is 10.1. The highest BCUT2D eigenvalue weighted by Crippen LogP contribution is 2.22. The summed E-state index contributed by atoms with van der Waals surface area (Å²) < 4.78 is 19.1. The van der Waals surface area contributed by atoms with Crippen molar-refractivity contribution in [2.75, 3.05) is 12.4 Å². The number of nitriles is 1. The number of hydrogen-bond donors (Lipinski definition) is 1. The molecular formula is C16H15FN2O. The average Bonchev–Trinajstić information content (AvgIpc) is 2.46. The van der Waals surface area contributed by atoms with Gasteiger partial charge in [0.05, 0.1) is 12.7 Å². The molecule has 0 spiro atoms. The molecule has 0 radical (unpaired) electrons. The minimum absolute atomic E-state index is 0.0650. The van der Waals surface area contributed by atoms with E-state index < -0.39 is 5.82 Å². The quantitative estimate of drug-likeness (QED) is 0.922. The first-order valence-electron chi connectivity index (χ1n) is 6.21. The maximum Gasteiger partial charge on any atom is 0.145 e. The maximum absolute atomic E-state index is 13.9. The zero-order chi connectivity index (χ0) is 14.5. The van der Waals surface area contributed by atoms with E-state index >= 15 is 0 Å². The molecular weight excluding hydrogens is 255 g/mol. The van der Waals surface area contributed by atoms with E-state index in [2.05, 4.69) is 5.32 Å². The standard InChI is InChI=1S/C16H15FN2O/c1-11-8-14(6-7-15(11)20-2)19-10-13-5-3-4-12(9-18)16(13)17/h3-8,19H,10H2,1-2H3. The number of rotatable bonds is 4. The Balaban J connectivity index is 2.13. The van der Waals surface area contributed by atoms with Crippen molar-refractivity contribution in [1.29, 1.82) is 5.26 Å². The molecule has 0 aromatic heterocycles. The van der Waals surface area contributed by atoms with Gasteiger partial charge in [-0.05, 0) is 36.8 Å². The zero-order valence-electron chi connectivity index (χ0n) is 11.4. The van der Waals surface area contributed by atoms with Crippen molar-refractivity contribution in [2.45, 2.75) is 13.5 Å². The smallest absolute Gasteiger partial charge is 0.145 e. The van der Waals surface area contributed by atoms with Gasteiger partial charge in [0, 0.05) is 17.8 Å². The normalized spacial score (nSPS) is 9.90. The molecule has 2 aromatic carbocycles. The first-order valence-corrected chi connectivity index (χ1v) is 6.21. The van der Waals surface area contributed by atoms with Crippen LogP contribution in [0.15, 0.2) is 36.4 Å². The molecule has 2 rings (SSSR count). The first-order chi connectivity index (χ1) is 9.65. The molecule has 0 heterocycles. The highest BCUT2D eigenvalue weighted by Gasteiger charge is 2.07. The average molecular weight is 270 g/mol. The van der Waals surface area contributed by atoms with Crippen LogP contribution in [0.25, 0.3) is 0 Å². The van der Waals surface area contributed by atoms with Crippen molar-refractivity contribution >= 4 is 5.69 Å². The van der Waals surface area contributed by atoms with Crippen LogP contribution in [0.1, 0.15) is 16.7 Å². The van der Waals surface area contributed by atoms with E-state index in [9.17, 15) is 4.39 Å². The topological polar surface area (TPSA) is 45.0 Å². The summed E-state index contributed by atoms with van der Waals surface area (Å²) in [5, 5.41) is 11.9. The van der Waals surface area contributed by atoms with Gasteiger partial charge in [-0.2, -0.15) is 5.26 Å². The number of aryl methyl sites for hydroxylation is 1. The van der Waals surface area contributed by atoms with E-state index in [1.807, 2.05) is 31.2 Å². The monoisotopic (exact) mass is 270 g/mol. The summed E-state index contributed by atoms with van der Waals surface area (Å²) in [5.74, 6) is 0.348. The number of nitrogens with zero attached hydrogens (tertiary/aromatic N) is 1. The third kappa shape index (κ3) is 2.89. The van der Waals surface area contributed by atoms with Gasteiger partial charge in [0.15, 0.2) is 0 Å². The van der Waals surface area contributed by atoms with Crippen LogP contribution in [0, 0.1) is 24.1 Å². The van der Waals surface area contributed by atoms with Crippen LogP contribution in [0.3, 0.4) is 0 Å². The van der Waals surface area contributed by atoms with Crippen molar-refractivity contribution in [2.24, 2.45) is 0 Å². The predicted molar refractivity (Wildman–Crippen MR) is 76.2 cm³/mol. The van der Waals surface area contributed by atoms with E-state index in [0.717, 1.165) is 17.0 Å². The molecule has 102 valence electrons. The van der Waals surface area contributed by atoms with Gasteiger partial charge in [-0.3, -0.25) is 0 Å². The fourth-order valence-corrected chi connectivity index (χ4v) is 1.99. The molecule has 4 heteroatoms. The predicted octanol–water partition coefficient (Wildman–Crippen LogP) is 3.63. The molecule has 0 aliphatic heterocycles. The summed E-state index contributed by atoms with van der Waals surface area (Å²) in [6.07, 6.45) is 0. The van der Waals surface area contributed by atoms with E-state index in [1.165, 1.54) is 6.07 Å². The van der Waals surface area contributed by atoms with Crippen LogP contribution in [0.5, 0.6) is 5.75 Å². The molecule has 0 atom stereocenters. The summed E-state index contributed by atoms with van der Waals surface area (Å²) in [4.78, 5) is 0. The van der Waals surface area contributed by atoms with E-state index in [1.54, 1.807) is 19.2 Å². The third-order valence-corrected chi connectivity index (χ3v) is 3.08. The summed E-state index contributed by atoms with van der Waals surface area (Å²) >= 11 is 0. The number of methoxy groups -OCH3 is 1. The first kappa shape index (κ1) is 13.9. The molecule has 0 saturated heterocycles. The fourth-order valence-electron chi connectivity index (χ4n) is 1.99. The number of anilines is 1. The highest BCUT2D eigenvalue weighted by molar-refractivity contribution is 5.51. The molecule has 2 aromatic rings. The van der Waals surface area contributed by atoms with Gasteiger partial charge in [0.1, 0.15) is 17.6 Å². The van der Waals surface area contributed by atoms with Crippen LogP contribution in [-0.2, 0) is 6.54 Å². The Morgan fingerprint density at radius 1 is 1.30 bits per heavy atom. The van der Waals surface area contributed by atoms with E-state index in [-0.39, 0.29) is 5.56 Å². The highest BCUT2D eigenvalue weighted by atomic mass is 19.1. The molecule has 0 bridgehead atoms. The van der Waals surface area contributed by atoms with Crippen molar-refractivity contribution in [3.63, 3.8) is 0 Å². The van der Waals surface area contributed by atoms with Crippen LogP contribution in [-0.4, -0.2) is 7.11 Å².